The van der Waals surface area contributed by atoms with Crippen molar-refractivity contribution in [3.8, 4) is 6.07 Å². The van der Waals surface area contributed by atoms with Crippen LogP contribution in [-0.4, -0.2) is 17.1 Å². The fraction of sp³-hybridized carbons (Fsp3) is 0.0417. The molecule has 0 atom stereocenters. The second-order valence-electron chi connectivity index (χ2n) is 7.07. The van der Waals surface area contributed by atoms with Crippen molar-refractivity contribution in [1.82, 2.24) is 5.01 Å². The lowest BCUT2D eigenvalue weighted by atomic mass is 9.78. The summed E-state index contributed by atoms with van der Waals surface area (Å²) in [5.74, 6) is -0.835. The van der Waals surface area contributed by atoms with Gasteiger partial charge in [0, 0.05) is 22.5 Å². The van der Waals surface area contributed by atoms with Crippen LogP contribution in [-0.2, 0) is 10.3 Å². The summed E-state index contributed by atoms with van der Waals surface area (Å²) in [5, 5.41) is 18.8. The summed E-state index contributed by atoms with van der Waals surface area (Å²) in [7, 11) is 0. The Hall–Kier alpha value is -4.24. The molecule has 144 valence electrons. The number of rotatable bonds is 2. The summed E-state index contributed by atoms with van der Waals surface area (Å²) in [5.41, 5.74) is 2.91. The molecule has 0 aliphatic carbocycles. The van der Waals surface area contributed by atoms with Gasteiger partial charge in [-0.2, -0.15) is 10.4 Å². The lowest BCUT2D eigenvalue weighted by Gasteiger charge is -2.41. The van der Waals surface area contributed by atoms with Gasteiger partial charge >= 0.3 is 0 Å². The van der Waals surface area contributed by atoms with E-state index < -0.39 is 11.4 Å². The van der Waals surface area contributed by atoms with Gasteiger partial charge in [-0.3, -0.25) is 4.79 Å². The minimum atomic E-state index is -1.06. The second kappa shape index (κ2) is 6.68. The quantitative estimate of drug-likeness (QED) is 0.653. The van der Waals surface area contributed by atoms with Crippen molar-refractivity contribution in [1.29, 1.82) is 5.26 Å². The van der Waals surface area contributed by atoms with Crippen LogP contribution in [0.1, 0.15) is 16.7 Å². The van der Waals surface area contributed by atoms with E-state index in [2.05, 4.69) is 10.4 Å². The van der Waals surface area contributed by atoms with Crippen LogP contribution in [0.3, 0.4) is 0 Å². The maximum atomic E-state index is 13.2. The van der Waals surface area contributed by atoms with Crippen LogP contribution in [0, 0.1) is 17.1 Å². The Kier molecular flexibility index (Phi) is 3.97. The molecule has 5 nitrogen and oxygen atoms in total. The lowest BCUT2D eigenvalue weighted by molar-refractivity contribution is -0.128. The number of nitriles is 1. The fourth-order valence-electron chi connectivity index (χ4n) is 4.03. The number of halogens is 1. The predicted octanol–water partition coefficient (Wildman–Crippen LogP) is 4.45. The number of nitrogens with zero attached hydrogens (tertiary/aromatic N) is 3. The Labute approximate surface area is 172 Å². The molecule has 3 aromatic carbocycles. The molecule has 3 aromatic rings. The van der Waals surface area contributed by atoms with Crippen LogP contribution in [0.25, 0.3) is 0 Å². The molecule has 0 unspecified atom stereocenters. The zero-order valence-corrected chi connectivity index (χ0v) is 15.7. The van der Waals surface area contributed by atoms with Gasteiger partial charge in [-0.05, 0) is 35.9 Å². The fourth-order valence-corrected chi connectivity index (χ4v) is 4.03. The summed E-state index contributed by atoms with van der Waals surface area (Å²) < 4.78 is 13.2. The van der Waals surface area contributed by atoms with Crippen LogP contribution < -0.4 is 5.32 Å². The minimum absolute atomic E-state index is 0.0257. The van der Waals surface area contributed by atoms with Gasteiger partial charge in [0.25, 0.3) is 5.91 Å². The lowest BCUT2D eigenvalue weighted by Crippen LogP contribution is -2.44. The van der Waals surface area contributed by atoms with Crippen LogP contribution in [0.5, 0.6) is 0 Å². The summed E-state index contributed by atoms with van der Waals surface area (Å²) in [6.07, 6.45) is 3.18. The average Bonchev–Trinajstić information content (AvgIpc) is 3.06. The highest BCUT2D eigenvalue weighted by molar-refractivity contribution is 6.03. The number of para-hydroxylation sites is 2. The molecule has 2 heterocycles. The Bertz CT molecular complexity index is 1230. The number of anilines is 2. The van der Waals surface area contributed by atoms with Gasteiger partial charge in [-0.1, -0.05) is 48.5 Å². The van der Waals surface area contributed by atoms with Crippen molar-refractivity contribution in [3.05, 3.63) is 107 Å². The number of fused-ring (bicyclic) bond motifs is 4. The zero-order valence-electron chi connectivity index (χ0n) is 15.7. The zero-order chi connectivity index (χ0) is 20.7. The maximum absolute atomic E-state index is 13.2. The molecule has 0 bridgehead atoms. The minimum Gasteiger partial charge on any atom is -0.355 e. The molecule has 6 heteroatoms. The molecule has 0 aromatic heterocycles. The van der Waals surface area contributed by atoms with Gasteiger partial charge in [-0.25, -0.2) is 9.40 Å². The molecule has 5 rings (SSSR count). The van der Waals surface area contributed by atoms with Crippen molar-refractivity contribution < 1.29 is 9.18 Å². The van der Waals surface area contributed by atoms with Gasteiger partial charge in [0.05, 0.1) is 6.21 Å². The highest BCUT2D eigenvalue weighted by Gasteiger charge is 2.52. The molecular weight excluding hydrogens is 379 g/mol. The maximum Gasteiger partial charge on any atom is 0.285 e. The predicted molar refractivity (Wildman–Crippen MR) is 111 cm³/mol. The van der Waals surface area contributed by atoms with Crippen molar-refractivity contribution in [2.75, 3.05) is 5.32 Å². The summed E-state index contributed by atoms with van der Waals surface area (Å²) in [6.45, 7) is 0. The van der Waals surface area contributed by atoms with Crippen molar-refractivity contribution in [3.63, 3.8) is 0 Å². The van der Waals surface area contributed by atoms with Crippen LogP contribution in [0.4, 0.5) is 15.8 Å². The first-order valence-electron chi connectivity index (χ1n) is 9.36. The van der Waals surface area contributed by atoms with Crippen LogP contribution in [0.2, 0.25) is 0 Å². The van der Waals surface area contributed by atoms with Crippen LogP contribution in [0.15, 0.2) is 89.5 Å². The Morgan fingerprint density at radius 3 is 2.17 bits per heavy atom. The molecule has 0 fully saturated rings. The molecule has 0 saturated heterocycles. The van der Waals surface area contributed by atoms with E-state index in [0.29, 0.717) is 5.56 Å². The van der Waals surface area contributed by atoms with E-state index in [0.717, 1.165) is 22.5 Å². The Balaban J connectivity index is 1.74. The number of amides is 1. The van der Waals surface area contributed by atoms with Gasteiger partial charge < -0.3 is 5.32 Å². The van der Waals surface area contributed by atoms with E-state index in [1.165, 1.54) is 23.4 Å². The molecule has 30 heavy (non-hydrogen) atoms. The second-order valence-corrected chi connectivity index (χ2v) is 7.07. The molecule has 0 saturated carbocycles. The molecule has 1 spiro atoms. The number of carbonyl (C=O) groups is 1. The van der Waals surface area contributed by atoms with E-state index in [1.807, 2.05) is 54.6 Å². The van der Waals surface area contributed by atoms with Crippen molar-refractivity contribution in [2.24, 2.45) is 5.10 Å². The largest absolute Gasteiger partial charge is 0.355 e. The highest BCUT2D eigenvalue weighted by Crippen LogP contribution is 2.51. The molecule has 1 N–H and O–H groups in total. The summed E-state index contributed by atoms with van der Waals surface area (Å²) >= 11 is 0. The summed E-state index contributed by atoms with van der Waals surface area (Å²) in [6, 6.07) is 23.1. The van der Waals surface area contributed by atoms with Gasteiger partial charge in [0.2, 0.25) is 0 Å². The number of benzene rings is 3. The van der Waals surface area contributed by atoms with Gasteiger partial charge in [-0.15, -0.1) is 0 Å². The molecular formula is C24H15FN4O. The smallest absolute Gasteiger partial charge is 0.285 e. The average molecular weight is 394 g/mol. The Morgan fingerprint density at radius 1 is 0.967 bits per heavy atom. The number of carbonyl (C=O) groups excluding carboxylic acids is 1. The van der Waals surface area contributed by atoms with Crippen LogP contribution >= 0.6 is 0 Å². The Morgan fingerprint density at radius 2 is 1.57 bits per heavy atom. The standard InChI is InChI=1S/C24H15FN4O/c25-18-11-9-16(10-12-18)15-27-29-23(30)17(14-26)13-24(29)19-5-1-3-7-21(19)28-22-8-4-2-6-20(22)24/h1-13,15,28H/b27-15-. The highest BCUT2D eigenvalue weighted by atomic mass is 19.1. The number of hydrogen-bond acceptors (Lipinski definition) is 4. The third kappa shape index (κ3) is 2.53. The van der Waals surface area contributed by atoms with Gasteiger partial charge in [0.1, 0.15) is 23.0 Å². The SMILES string of the molecule is N#CC1=CC2(c3ccccc3Nc3ccccc32)N(/N=C\c2ccc(F)cc2)C1=O. The van der Waals surface area contributed by atoms with E-state index in [1.54, 1.807) is 18.2 Å². The monoisotopic (exact) mass is 394 g/mol. The number of nitrogens with one attached hydrogen (secondary N) is 1. The first-order valence-corrected chi connectivity index (χ1v) is 9.36. The van der Waals surface area contributed by atoms with Crippen molar-refractivity contribution >= 4 is 23.5 Å². The number of hydrazone groups is 1. The van der Waals surface area contributed by atoms with Crippen molar-refractivity contribution in [2.45, 2.75) is 5.54 Å². The number of hydrogen-bond donors (Lipinski definition) is 1. The molecule has 0 radical (unpaired) electrons. The van der Waals surface area contributed by atoms with E-state index in [4.69, 9.17) is 0 Å². The third-order valence-corrected chi connectivity index (χ3v) is 5.37. The first-order chi connectivity index (χ1) is 14.6. The molecule has 2 aliphatic rings. The van der Waals surface area contributed by atoms with Gasteiger partial charge in [0.15, 0.2) is 0 Å². The third-order valence-electron chi connectivity index (χ3n) is 5.37. The first kappa shape index (κ1) is 17.8. The topological polar surface area (TPSA) is 68.5 Å². The normalized spacial score (nSPS) is 16.1. The van der Waals surface area contributed by atoms with E-state index in [-0.39, 0.29) is 11.4 Å². The van der Waals surface area contributed by atoms with E-state index in [9.17, 15) is 14.4 Å². The molecule has 2 aliphatic heterocycles. The summed E-state index contributed by atoms with van der Waals surface area (Å²) in [4.78, 5) is 13.1. The van der Waals surface area contributed by atoms with E-state index >= 15 is 0 Å². The molecule has 1 amide bonds.